The summed E-state index contributed by atoms with van der Waals surface area (Å²) in [7, 11) is -2.57. The lowest BCUT2D eigenvalue weighted by molar-refractivity contribution is -0.124. The third kappa shape index (κ3) is 5.76. The Labute approximate surface area is 161 Å². The largest absolute Gasteiger partial charge is 0.496 e. The van der Waals surface area contributed by atoms with E-state index in [1.54, 1.807) is 13.2 Å². The second kappa shape index (κ2) is 9.29. The number of rotatable bonds is 8. The number of primary sulfonamides is 1. The van der Waals surface area contributed by atoms with Gasteiger partial charge in [0.2, 0.25) is 10.0 Å². The molecule has 0 aliphatic rings. The van der Waals surface area contributed by atoms with E-state index in [4.69, 9.17) is 14.6 Å². The van der Waals surface area contributed by atoms with E-state index in [1.807, 2.05) is 18.2 Å². The Morgan fingerprint density at radius 2 is 1.89 bits per heavy atom. The Morgan fingerprint density at radius 3 is 2.57 bits per heavy atom. The van der Waals surface area contributed by atoms with Gasteiger partial charge >= 0.3 is 5.97 Å². The number of carbonyl (C=O) groups excluding carboxylic acids is 2. The van der Waals surface area contributed by atoms with Crippen LogP contribution in [0.4, 0.5) is 4.39 Å². The fourth-order valence-corrected chi connectivity index (χ4v) is 2.88. The van der Waals surface area contributed by atoms with E-state index >= 15 is 0 Å². The summed E-state index contributed by atoms with van der Waals surface area (Å²) in [5.74, 6) is -2.07. The van der Waals surface area contributed by atoms with Gasteiger partial charge in [0.15, 0.2) is 6.61 Å². The van der Waals surface area contributed by atoms with Crippen LogP contribution >= 0.6 is 0 Å². The van der Waals surface area contributed by atoms with Crippen LogP contribution < -0.4 is 15.2 Å². The highest BCUT2D eigenvalue weighted by atomic mass is 32.2. The summed E-state index contributed by atoms with van der Waals surface area (Å²) in [6.07, 6.45) is 0.495. The molecule has 2 rings (SSSR count). The number of hydrogen-bond acceptors (Lipinski definition) is 6. The number of nitrogens with two attached hydrogens (primary N) is 1. The number of methoxy groups -OCH3 is 1. The number of hydrogen-bond donors (Lipinski definition) is 2. The molecular formula is C18H19FN2O6S. The van der Waals surface area contributed by atoms with Crippen LogP contribution in [0.15, 0.2) is 47.4 Å². The average molecular weight is 410 g/mol. The monoisotopic (exact) mass is 410 g/mol. The Bertz CT molecular complexity index is 978. The normalized spacial score (nSPS) is 11.0. The highest BCUT2D eigenvalue weighted by Gasteiger charge is 2.19. The van der Waals surface area contributed by atoms with Gasteiger partial charge in [0.05, 0.1) is 17.6 Å². The smallest absolute Gasteiger partial charge is 0.341 e. The van der Waals surface area contributed by atoms with Crippen LogP contribution in [-0.4, -0.2) is 40.6 Å². The van der Waals surface area contributed by atoms with Crippen molar-refractivity contribution in [1.29, 1.82) is 0 Å². The predicted molar refractivity (Wildman–Crippen MR) is 97.8 cm³/mol. The van der Waals surface area contributed by atoms with Gasteiger partial charge in [-0.3, -0.25) is 4.79 Å². The number of ether oxygens (including phenoxy) is 2. The van der Waals surface area contributed by atoms with Gasteiger partial charge in [-0.1, -0.05) is 18.2 Å². The standard InChI is InChI=1S/C18H19FN2O6S/c1-26-16-5-3-2-4-12(16)8-9-21-17(22)11-27-18(23)14-10-13(28(20,24)25)6-7-15(14)19/h2-7,10H,8-9,11H2,1H3,(H,21,22)(H2,20,24,25). The zero-order valence-electron chi connectivity index (χ0n) is 15.0. The molecule has 28 heavy (non-hydrogen) atoms. The zero-order valence-corrected chi connectivity index (χ0v) is 15.8. The number of amides is 1. The topological polar surface area (TPSA) is 125 Å². The molecule has 0 unspecified atom stereocenters. The van der Waals surface area contributed by atoms with Gasteiger partial charge in [-0.2, -0.15) is 0 Å². The van der Waals surface area contributed by atoms with Crippen molar-refractivity contribution in [1.82, 2.24) is 5.32 Å². The van der Waals surface area contributed by atoms with E-state index in [0.717, 1.165) is 23.8 Å². The van der Waals surface area contributed by atoms with Gasteiger partial charge < -0.3 is 14.8 Å². The van der Waals surface area contributed by atoms with Crippen LogP contribution in [-0.2, 0) is 26.0 Å². The molecule has 0 fully saturated rings. The number of benzene rings is 2. The summed E-state index contributed by atoms with van der Waals surface area (Å²) in [5.41, 5.74) is 0.262. The zero-order chi connectivity index (χ0) is 20.7. The molecule has 8 nitrogen and oxygen atoms in total. The van der Waals surface area contributed by atoms with Crippen molar-refractivity contribution in [3.05, 3.63) is 59.4 Å². The number of carbonyl (C=O) groups is 2. The molecule has 0 bridgehead atoms. The molecule has 1 amide bonds. The Morgan fingerprint density at radius 1 is 1.18 bits per heavy atom. The third-order valence-electron chi connectivity index (χ3n) is 3.73. The number of esters is 1. The summed E-state index contributed by atoms with van der Waals surface area (Å²) in [6, 6.07) is 9.77. The van der Waals surface area contributed by atoms with E-state index < -0.39 is 44.8 Å². The first-order valence-corrected chi connectivity index (χ1v) is 9.65. The summed E-state index contributed by atoms with van der Waals surface area (Å²) in [5, 5.41) is 7.50. The van der Waals surface area contributed by atoms with Crippen molar-refractivity contribution in [3.63, 3.8) is 0 Å². The quantitative estimate of drug-likeness (QED) is 0.626. The highest BCUT2D eigenvalue weighted by molar-refractivity contribution is 7.89. The predicted octanol–water partition coefficient (Wildman–Crippen LogP) is 0.997. The van der Waals surface area contributed by atoms with Crippen LogP contribution in [0, 0.1) is 5.82 Å². The van der Waals surface area contributed by atoms with Gasteiger partial charge in [-0.25, -0.2) is 22.7 Å². The van der Waals surface area contributed by atoms with E-state index in [-0.39, 0.29) is 6.54 Å². The lowest BCUT2D eigenvalue weighted by Gasteiger charge is -2.10. The molecule has 0 spiro atoms. The molecule has 0 aliphatic heterocycles. The van der Waals surface area contributed by atoms with Crippen LogP contribution in [0.5, 0.6) is 5.75 Å². The second-order valence-electron chi connectivity index (χ2n) is 5.67. The minimum absolute atomic E-state index is 0.270. The maximum atomic E-state index is 13.7. The molecular weight excluding hydrogens is 391 g/mol. The van der Waals surface area contributed by atoms with Gasteiger partial charge in [-0.15, -0.1) is 0 Å². The van der Waals surface area contributed by atoms with Crippen LogP contribution in [0.2, 0.25) is 0 Å². The average Bonchev–Trinajstić information content (AvgIpc) is 2.66. The minimum Gasteiger partial charge on any atom is -0.496 e. The number of halogens is 1. The van der Waals surface area contributed by atoms with Crippen molar-refractivity contribution >= 4 is 21.9 Å². The molecule has 0 atom stereocenters. The van der Waals surface area contributed by atoms with Crippen molar-refractivity contribution < 1.29 is 31.9 Å². The van der Waals surface area contributed by atoms with Crippen LogP contribution in [0.25, 0.3) is 0 Å². The summed E-state index contributed by atoms with van der Waals surface area (Å²) >= 11 is 0. The van der Waals surface area contributed by atoms with Crippen LogP contribution in [0.1, 0.15) is 15.9 Å². The van der Waals surface area contributed by atoms with E-state index in [2.05, 4.69) is 5.32 Å². The van der Waals surface area contributed by atoms with E-state index in [1.165, 1.54) is 0 Å². The lowest BCUT2D eigenvalue weighted by atomic mass is 10.1. The van der Waals surface area contributed by atoms with Crippen molar-refractivity contribution in [3.8, 4) is 5.75 Å². The summed E-state index contributed by atoms with van der Waals surface area (Å²) in [4.78, 5) is 23.3. The molecule has 10 heteroatoms. The summed E-state index contributed by atoms with van der Waals surface area (Å²) in [6.45, 7) is -0.379. The van der Waals surface area contributed by atoms with Crippen molar-refractivity contribution in [2.75, 3.05) is 20.3 Å². The number of nitrogens with one attached hydrogen (secondary N) is 1. The molecule has 0 heterocycles. The Kier molecular flexibility index (Phi) is 7.07. The first-order chi connectivity index (χ1) is 13.2. The molecule has 3 N–H and O–H groups in total. The molecule has 2 aromatic carbocycles. The Hall–Kier alpha value is -2.98. The first-order valence-electron chi connectivity index (χ1n) is 8.10. The fourth-order valence-electron chi connectivity index (χ4n) is 2.34. The second-order valence-corrected chi connectivity index (χ2v) is 7.24. The number of sulfonamides is 1. The van der Waals surface area contributed by atoms with Gasteiger partial charge in [0.25, 0.3) is 5.91 Å². The number of para-hydroxylation sites is 1. The summed E-state index contributed by atoms with van der Waals surface area (Å²) < 4.78 is 46.3. The maximum Gasteiger partial charge on any atom is 0.341 e. The van der Waals surface area contributed by atoms with Gasteiger partial charge in [-0.05, 0) is 36.2 Å². The van der Waals surface area contributed by atoms with Crippen LogP contribution in [0.3, 0.4) is 0 Å². The molecule has 0 saturated carbocycles. The molecule has 2 aromatic rings. The van der Waals surface area contributed by atoms with E-state index in [9.17, 15) is 22.4 Å². The Balaban J connectivity index is 1.88. The van der Waals surface area contributed by atoms with Crippen molar-refractivity contribution in [2.24, 2.45) is 5.14 Å². The molecule has 0 aromatic heterocycles. The third-order valence-corrected chi connectivity index (χ3v) is 4.64. The fraction of sp³-hybridized carbons (Fsp3) is 0.222. The molecule has 0 saturated heterocycles. The van der Waals surface area contributed by atoms with Gasteiger partial charge in [0.1, 0.15) is 11.6 Å². The van der Waals surface area contributed by atoms with Crippen molar-refractivity contribution in [2.45, 2.75) is 11.3 Å². The molecule has 0 aliphatic carbocycles. The maximum absolute atomic E-state index is 13.7. The highest BCUT2D eigenvalue weighted by Crippen LogP contribution is 2.17. The minimum atomic E-state index is -4.12. The molecule has 150 valence electrons. The SMILES string of the molecule is COc1ccccc1CCNC(=O)COC(=O)c1cc(S(N)(=O)=O)ccc1F. The molecule has 0 radical (unpaired) electrons. The van der Waals surface area contributed by atoms with Gasteiger partial charge in [0, 0.05) is 6.54 Å². The lowest BCUT2D eigenvalue weighted by Crippen LogP contribution is -2.30. The first kappa shape index (κ1) is 21.3. The van der Waals surface area contributed by atoms with E-state index in [0.29, 0.717) is 12.2 Å².